The smallest absolute Gasteiger partial charge is 0.148 e. The van der Waals surface area contributed by atoms with E-state index in [0.717, 1.165) is 32.6 Å². The molecule has 15 heavy (non-hydrogen) atoms. The number of epoxide rings is 1. The van der Waals surface area contributed by atoms with Crippen molar-refractivity contribution in [2.75, 3.05) is 26.3 Å². The topological polar surface area (TPSA) is 54.4 Å². The standard InChI is InChI=1S/C8H14N2O2.C2H4O/c1-7(5-11)12-8(2)10-4-3-9-6-10;1-2-3-1/h5-8H,3-4H2,1-2H3;1-2H2. The largest absolute Gasteiger partial charge is 0.377 e. The third-order valence-electron chi connectivity index (χ3n) is 1.99. The Kier molecular flexibility index (Phi) is 5.28. The Balaban J connectivity index is 0.000000319. The summed E-state index contributed by atoms with van der Waals surface area (Å²) < 4.78 is 9.85. The van der Waals surface area contributed by atoms with Crippen LogP contribution < -0.4 is 0 Å². The van der Waals surface area contributed by atoms with E-state index in [1.165, 1.54) is 0 Å². The zero-order valence-corrected chi connectivity index (χ0v) is 9.26. The Morgan fingerprint density at radius 3 is 2.60 bits per heavy atom. The van der Waals surface area contributed by atoms with Gasteiger partial charge in [0.05, 0.1) is 26.1 Å². The van der Waals surface area contributed by atoms with E-state index in [1.807, 2.05) is 11.8 Å². The van der Waals surface area contributed by atoms with Crippen molar-refractivity contribution < 1.29 is 14.3 Å². The highest BCUT2D eigenvalue weighted by molar-refractivity contribution is 5.57. The van der Waals surface area contributed by atoms with Gasteiger partial charge in [-0.05, 0) is 13.8 Å². The number of rotatable bonds is 4. The lowest BCUT2D eigenvalue weighted by atomic mass is 10.4. The van der Waals surface area contributed by atoms with E-state index in [1.54, 1.807) is 13.3 Å². The van der Waals surface area contributed by atoms with Gasteiger partial charge in [0.15, 0.2) is 0 Å². The third-order valence-corrected chi connectivity index (χ3v) is 1.99. The van der Waals surface area contributed by atoms with Gasteiger partial charge in [0.2, 0.25) is 0 Å². The summed E-state index contributed by atoms with van der Waals surface area (Å²) in [4.78, 5) is 16.3. The van der Waals surface area contributed by atoms with Gasteiger partial charge in [0, 0.05) is 6.54 Å². The molecule has 1 saturated heterocycles. The van der Waals surface area contributed by atoms with E-state index in [9.17, 15) is 4.79 Å². The summed E-state index contributed by atoms with van der Waals surface area (Å²) in [5.74, 6) is 0. The van der Waals surface area contributed by atoms with Gasteiger partial charge in [-0.2, -0.15) is 0 Å². The van der Waals surface area contributed by atoms with Gasteiger partial charge in [0.1, 0.15) is 18.6 Å². The van der Waals surface area contributed by atoms with Crippen molar-refractivity contribution in [1.82, 2.24) is 4.90 Å². The van der Waals surface area contributed by atoms with Crippen molar-refractivity contribution in [3.63, 3.8) is 0 Å². The molecule has 2 unspecified atom stereocenters. The minimum Gasteiger partial charge on any atom is -0.377 e. The van der Waals surface area contributed by atoms with Gasteiger partial charge in [-0.1, -0.05) is 0 Å². The molecule has 2 aliphatic heterocycles. The molecule has 0 amide bonds. The average Bonchev–Trinajstić information content (AvgIpc) is 3.02. The van der Waals surface area contributed by atoms with Gasteiger partial charge < -0.3 is 19.2 Å². The second-order valence-electron chi connectivity index (χ2n) is 3.45. The number of carbonyl (C=O) groups excluding carboxylic acids is 1. The van der Waals surface area contributed by atoms with Crippen molar-refractivity contribution in [3.8, 4) is 0 Å². The summed E-state index contributed by atoms with van der Waals surface area (Å²) in [6.45, 7) is 7.35. The number of aliphatic imine (C=N–C) groups is 1. The van der Waals surface area contributed by atoms with Gasteiger partial charge in [0.25, 0.3) is 0 Å². The normalized spacial score (nSPS) is 21.6. The maximum Gasteiger partial charge on any atom is 0.148 e. The zero-order valence-electron chi connectivity index (χ0n) is 9.26. The molecule has 2 aliphatic rings. The van der Waals surface area contributed by atoms with Crippen molar-refractivity contribution in [1.29, 1.82) is 0 Å². The van der Waals surface area contributed by atoms with Gasteiger partial charge in [-0.3, -0.25) is 4.99 Å². The van der Waals surface area contributed by atoms with Crippen LogP contribution in [0.3, 0.4) is 0 Å². The molecular formula is C10H18N2O3. The number of nitrogens with zero attached hydrogens (tertiary/aromatic N) is 2. The summed E-state index contributed by atoms with van der Waals surface area (Å²) in [6, 6.07) is 0. The molecule has 5 nitrogen and oxygen atoms in total. The number of hydrogen-bond acceptors (Lipinski definition) is 5. The van der Waals surface area contributed by atoms with Crippen LogP contribution in [0.15, 0.2) is 4.99 Å². The first-order valence-corrected chi connectivity index (χ1v) is 5.18. The van der Waals surface area contributed by atoms with Crippen LogP contribution >= 0.6 is 0 Å². The molecule has 86 valence electrons. The van der Waals surface area contributed by atoms with E-state index < -0.39 is 0 Å². The maximum atomic E-state index is 10.3. The molecule has 0 aromatic rings. The molecule has 0 aromatic carbocycles. The molecule has 2 atom stereocenters. The Hall–Kier alpha value is -0.940. The van der Waals surface area contributed by atoms with E-state index in [0.29, 0.717) is 0 Å². The van der Waals surface area contributed by atoms with Crippen LogP contribution in [0.2, 0.25) is 0 Å². The lowest BCUT2D eigenvalue weighted by Gasteiger charge is -2.24. The number of aldehydes is 1. The highest BCUT2D eigenvalue weighted by Gasteiger charge is 2.15. The van der Waals surface area contributed by atoms with Gasteiger partial charge >= 0.3 is 0 Å². The maximum absolute atomic E-state index is 10.3. The fourth-order valence-corrected chi connectivity index (χ4v) is 1.09. The molecule has 5 heteroatoms. The van der Waals surface area contributed by atoms with Crippen LogP contribution in [-0.4, -0.2) is 56.2 Å². The molecule has 0 N–H and O–H groups in total. The van der Waals surface area contributed by atoms with E-state index >= 15 is 0 Å². The minimum absolute atomic E-state index is 0.0588. The molecular weight excluding hydrogens is 196 g/mol. The molecule has 0 bridgehead atoms. The molecule has 0 aromatic heterocycles. The lowest BCUT2D eigenvalue weighted by molar-refractivity contribution is -0.124. The SMILES string of the molecule is C1CO1.CC(C=O)OC(C)N1C=NCC1. The molecule has 0 aliphatic carbocycles. The van der Waals surface area contributed by atoms with Crippen LogP contribution in [0, 0.1) is 0 Å². The predicted molar refractivity (Wildman–Crippen MR) is 57.0 cm³/mol. The average molecular weight is 214 g/mol. The summed E-state index contributed by atoms with van der Waals surface area (Å²) in [6.07, 6.45) is 2.16. The van der Waals surface area contributed by atoms with E-state index in [-0.39, 0.29) is 12.3 Å². The molecule has 2 rings (SSSR count). The van der Waals surface area contributed by atoms with Gasteiger partial charge in [-0.15, -0.1) is 0 Å². The highest BCUT2D eigenvalue weighted by Crippen LogP contribution is 2.04. The molecule has 2 heterocycles. The van der Waals surface area contributed by atoms with Gasteiger partial charge in [-0.25, -0.2) is 0 Å². The fourth-order valence-electron chi connectivity index (χ4n) is 1.09. The molecule has 0 spiro atoms. The Bertz CT molecular complexity index is 216. The summed E-state index contributed by atoms with van der Waals surface area (Å²) in [5.41, 5.74) is 0. The van der Waals surface area contributed by atoms with Crippen LogP contribution in [0.1, 0.15) is 13.8 Å². The first-order valence-electron chi connectivity index (χ1n) is 5.18. The second kappa shape index (κ2) is 6.53. The lowest BCUT2D eigenvalue weighted by Crippen LogP contribution is -2.35. The Labute approximate surface area is 90.1 Å². The monoisotopic (exact) mass is 214 g/mol. The van der Waals surface area contributed by atoms with Crippen LogP contribution in [0.4, 0.5) is 0 Å². The number of ether oxygens (including phenoxy) is 2. The highest BCUT2D eigenvalue weighted by atomic mass is 16.6. The zero-order chi connectivity index (χ0) is 11.1. The summed E-state index contributed by atoms with van der Waals surface area (Å²) >= 11 is 0. The van der Waals surface area contributed by atoms with Crippen molar-refractivity contribution >= 4 is 12.6 Å². The van der Waals surface area contributed by atoms with E-state index in [2.05, 4.69) is 9.73 Å². The first kappa shape index (κ1) is 12.1. The van der Waals surface area contributed by atoms with Crippen molar-refractivity contribution in [3.05, 3.63) is 0 Å². The predicted octanol–water partition coefficient (Wildman–Crippen LogP) is 0.297. The minimum atomic E-state index is -0.339. The molecule has 1 fully saturated rings. The van der Waals surface area contributed by atoms with Crippen molar-refractivity contribution in [2.24, 2.45) is 4.99 Å². The van der Waals surface area contributed by atoms with Crippen LogP contribution in [0.25, 0.3) is 0 Å². The Morgan fingerprint density at radius 1 is 1.53 bits per heavy atom. The third kappa shape index (κ3) is 5.49. The molecule has 0 radical (unpaired) electrons. The first-order chi connectivity index (χ1) is 7.24. The number of carbonyl (C=O) groups is 1. The summed E-state index contributed by atoms with van der Waals surface area (Å²) in [7, 11) is 0. The quantitative estimate of drug-likeness (QED) is 0.499. The second-order valence-corrected chi connectivity index (χ2v) is 3.45. The van der Waals surface area contributed by atoms with Crippen molar-refractivity contribution in [2.45, 2.75) is 26.2 Å². The van der Waals surface area contributed by atoms with Crippen LogP contribution in [-0.2, 0) is 14.3 Å². The molecule has 0 saturated carbocycles. The Morgan fingerprint density at radius 2 is 2.20 bits per heavy atom. The summed E-state index contributed by atoms with van der Waals surface area (Å²) in [5, 5.41) is 0. The fraction of sp³-hybridized carbons (Fsp3) is 0.800. The van der Waals surface area contributed by atoms with E-state index in [4.69, 9.17) is 4.74 Å². The van der Waals surface area contributed by atoms with Crippen LogP contribution in [0.5, 0.6) is 0 Å². The number of hydrogen-bond donors (Lipinski definition) is 0.